The highest BCUT2D eigenvalue weighted by atomic mass is 16.5. The molecule has 3 heteroatoms. The van der Waals surface area contributed by atoms with E-state index in [0.717, 1.165) is 0 Å². The van der Waals surface area contributed by atoms with Gasteiger partial charge in [0.2, 0.25) is 0 Å². The summed E-state index contributed by atoms with van der Waals surface area (Å²) in [5.74, 6) is 0.656. The maximum Gasteiger partial charge on any atom is 0.161 e. The summed E-state index contributed by atoms with van der Waals surface area (Å²) in [5, 5.41) is 9.24. The molecule has 0 amide bonds. The van der Waals surface area contributed by atoms with Crippen molar-refractivity contribution in [3.05, 3.63) is 24.3 Å². The maximum atomic E-state index is 9.24. The van der Waals surface area contributed by atoms with Crippen molar-refractivity contribution >= 4 is 0 Å². The van der Waals surface area contributed by atoms with Crippen LogP contribution in [0.2, 0.25) is 0 Å². The lowest BCUT2D eigenvalue weighted by Crippen LogP contribution is -2.04. The fourth-order valence-corrected chi connectivity index (χ4v) is 0.814. The molecule has 66 valence electrons. The first-order valence-electron chi connectivity index (χ1n) is 3.74. The zero-order valence-corrected chi connectivity index (χ0v) is 6.99. The third kappa shape index (κ3) is 2.43. The largest absolute Gasteiger partial charge is 0.504 e. The van der Waals surface area contributed by atoms with Crippen molar-refractivity contribution in [3.63, 3.8) is 0 Å². The molecule has 0 aliphatic rings. The molecule has 0 aliphatic carbocycles. The smallest absolute Gasteiger partial charge is 0.161 e. The van der Waals surface area contributed by atoms with Gasteiger partial charge in [0, 0.05) is 7.11 Å². The minimum Gasteiger partial charge on any atom is -0.504 e. The summed E-state index contributed by atoms with van der Waals surface area (Å²) in [5.41, 5.74) is 0. The number of ether oxygens (including phenoxy) is 2. The molecule has 1 aromatic rings. The number of hydrogen-bond donors (Lipinski definition) is 1. The summed E-state index contributed by atoms with van der Waals surface area (Å²) in [7, 11) is 1.61. The van der Waals surface area contributed by atoms with E-state index < -0.39 is 0 Å². The Balaban J connectivity index is 2.46. The summed E-state index contributed by atoms with van der Waals surface area (Å²) in [6.45, 7) is 0.975. The Bertz CT molecular complexity index is 235. The Morgan fingerprint density at radius 3 is 2.67 bits per heavy atom. The lowest BCUT2D eigenvalue weighted by molar-refractivity contribution is 0.144. The molecule has 0 aromatic heterocycles. The van der Waals surface area contributed by atoms with E-state index in [1.807, 2.05) is 6.07 Å². The van der Waals surface area contributed by atoms with Gasteiger partial charge in [0.05, 0.1) is 6.61 Å². The van der Waals surface area contributed by atoms with Gasteiger partial charge in [0.1, 0.15) is 6.61 Å². The fourth-order valence-electron chi connectivity index (χ4n) is 0.814. The highest BCUT2D eigenvalue weighted by Gasteiger charge is 1.98. The Labute approximate surface area is 71.5 Å². The SMILES string of the molecule is COCCOc1ccccc1O. The van der Waals surface area contributed by atoms with E-state index in [4.69, 9.17) is 9.47 Å². The first-order valence-corrected chi connectivity index (χ1v) is 3.74. The number of hydrogen-bond acceptors (Lipinski definition) is 3. The van der Waals surface area contributed by atoms with Gasteiger partial charge in [-0.3, -0.25) is 0 Å². The average Bonchev–Trinajstić information content (AvgIpc) is 2.09. The molecule has 0 unspecified atom stereocenters. The molecule has 12 heavy (non-hydrogen) atoms. The van der Waals surface area contributed by atoms with Crippen LogP contribution < -0.4 is 4.74 Å². The van der Waals surface area contributed by atoms with Crippen molar-refractivity contribution in [2.45, 2.75) is 0 Å². The number of benzene rings is 1. The molecule has 1 aromatic carbocycles. The predicted octanol–water partition coefficient (Wildman–Crippen LogP) is 1.42. The van der Waals surface area contributed by atoms with Gasteiger partial charge in [0.25, 0.3) is 0 Å². The van der Waals surface area contributed by atoms with Crippen molar-refractivity contribution in [2.75, 3.05) is 20.3 Å². The first-order chi connectivity index (χ1) is 5.84. The monoisotopic (exact) mass is 168 g/mol. The molecule has 0 saturated carbocycles. The molecule has 1 N–H and O–H groups in total. The van der Waals surface area contributed by atoms with Gasteiger partial charge >= 0.3 is 0 Å². The summed E-state index contributed by atoms with van der Waals surface area (Å²) in [6, 6.07) is 6.85. The molecule has 0 saturated heterocycles. The van der Waals surface area contributed by atoms with E-state index in [1.54, 1.807) is 25.3 Å². The number of para-hydroxylation sites is 2. The lowest BCUT2D eigenvalue weighted by Gasteiger charge is -2.06. The molecule has 0 aliphatic heterocycles. The van der Waals surface area contributed by atoms with Gasteiger partial charge in [-0.25, -0.2) is 0 Å². The van der Waals surface area contributed by atoms with Crippen molar-refractivity contribution in [1.29, 1.82) is 0 Å². The van der Waals surface area contributed by atoms with Gasteiger partial charge in [-0.1, -0.05) is 12.1 Å². The summed E-state index contributed by atoms with van der Waals surface area (Å²) in [4.78, 5) is 0. The summed E-state index contributed by atoms with van der Waals surface area (Å²) < 4.78 is 10.00. The average molecular weight is 168 g/mol. The number of phenols is 1. The van der Waals surface area contributed by atoms with Crippen LogP contribution in [0, 0.1) is 0 Å². The van der Waals surface area contributed by atoms with E-state index in [2.05, 4.69) is 0 Å². The number of rotatable bonds is 4. The van der Waals surface area contributed by atoms with Crippen LogP contribution in [0.25, 0.3) is 0 Å². The molecule has 1 rings (SSSR count). The van der Waals surface area contributed by atoms with Gasteiger partial charge in [-0.15, -0.1) is 0 Å². The van der Waals surface area contributed by atoms with Gasteiger partial charge in [-0.05, 0) is 12.1 Å². The maximum absolute atomic E-state index is 9.24. The van der Waals surface area contributed by atoms with Crippen LogP contribution in [0.5, 0.6) is 11.5 Å². The molecule has 0 radical (unpaired) electrons. The second-order valence-corrected chi connectivity index (χ2v) is 2.31. The van der Waals surface area contributed by atoms with Gasteiger partial charge in [0.15, 0.2) is 11.5 Å². The molecule has 0 bridgehead atoms. The highest BCUT2D eigenvalue weighted by Crippen LogP contribution is 2.23. The van der Waals surface area contributed by atoms with Crippen LogP contribution in [0.4, 0.5) is 0 Å². The molecule has 3 nitrogen and oxygen atoms in total. The van der Waals surface area contributed by atoms with E-state index in [0.29, 0.717) is 19.0 Å². The van der Waals surface area contributed by atoms with E-state index >= 15 is 0 Å². The second kappa shape index (κ2) is 4.62. The Kier molecular flexibility index (Phi) is 3.41. The first kappa shape index (κ1) is 8.87. The van der Waals surface area contributed by atoms with E-state index in [9.17, 15) is 5.11 Å². The zero-order chi connectivity index (χ0) is 8.81. The third-order valence-corrected chi connectivity index (χ3v) is 1.41. The molecule has 0 heterocycles. The molecule has 0 atom stereocenters. The van der Waals surface area contributed by atoms with Gasteiger partial charge in [-0.2, -0.15) is 0 Å². The number of phenolic OH excluding ortho intramolecular Hbond substituents is 1. The standard InChI is InChI=1S/C9H12O3/c1-11-6-7-12-9-5-3-2-4-8(9)10/h2-5,10H,6-7H2,1H3. The lowest BCUT2D eigenvalue weighted by atomic mass is 10.3. The normalized spacial score (nSPS) is 9.75. The Morgan fingerprint density at radius 2 is 2.00 bits per heavy atom. The van der Waals surface area contributed by atoms with Crippen molar-refractivity contribution in [1.82, 2.24) is 0 Å². The predicted molar refractivity (Wildman–Crippen MR) is 45.5 cm³/mol. The van der Waals surface area contributed by atoms with Crippen LogP contribution in [0.15, 0.2) is 24.3 Å². The molecular formula is C9H12O3. The van der Waals surface area contributed by atoms with Crippen LogP contribution in [0.3, 0.4) is 0 Å². The van der Waals surface area contributed by atoms with Crippen molar-refractivity contribution in [2.24, 2.45) is 0 Å². The van der Waals surface area contributed by atoms with Crippen LogP contribution in [-0.2, 0) is 4.74 Å². The fraction of sp³-hybridized carbons (Fsp3) is 0.333. The van der Waals surface area contributed by atoms with Crippen molar-refractivity contribution < 1.29 is 14.6 Å². The number of methoxy groups -OCH3 is 1. The minimum absolute atomic E-state index is 0.161. The van der Waals surface area contributed by atoms with Crippen LogP contribution >= 0.6 is 0 Å². The third-order valence-electron chi connectivity index (χ3n) is 1.41. The summed E-state index contributed by atoms with van der Waals surface area (Å²) in [6.07, 6.45) is 0. The second-order valence-electron chi connectivity index (χ2n) is 2.31. The van der Waals surface area contributed by atoms with Gasteiger partial charge < -0.3 is 14.6 Å². The molecule has 0 fully saturated rings. The Hall–Kier alpha value is -1.22. The Morgan fingerprint density at radius 1 is 1.25 bits per heavy atom. The zero-order valence-electron chi connectivity index (χ0n) is 6.99. The van der Waals surface area contributed by atoms with E-state index in [1.165, 1.54) is 0 Å². The number of aromatic hydroxyl groups is 1. The molecular weight excluding hydrogens is 156 g/mol. The summed E-state index contributed by atoms with van der Waals surface area (Å²) >= 11 is 0. The highest BCUT2D eigenvalue weighted by molar-refractivity contribution is 5.37. The quantitative estimate of drug-likeness (QED) is 0.691. The van der Waals surface area contributed by atoms with Crippen LogP contribution in [-0.4, -0.2) is 25.4 Å². The topological polar surface area (TPSA) is 38.7 Å². The molecule has 0 spiro atoms. The van der Waals surface area contributed by atoms with Crippen LogP contribution in [0.1, 0.15) is 0 Å². The van der Waals surface area contributed by atoms with E-state index in [-0.39, 0.29) is 5.75 Å². The van der Waals surface area contributed by atoms with Crippen molar-refractivity contribution in [3.8, 4) is 11.5 Å². The minimum atomic E-state index is 0.161.